The topological polar surface area (TPSA) is 47.6 Å². The minimum atomic E-state index is -1.02. The summed E-state index contributed by atoms with van der Waals surface area (Å²) in [5, 5.41) is 17.0. The van der Waals surface area contributed by atoms with Crippen molar-refractivity contribution in [2.75, 3.05) is 0 Å². The first-order valence-corrected chi connectivity index (χ1v) is 11.1. The molecule has 0 aliphatic rings. The van der Waals surface area contributed by atoms with E-state index in [1.807, 2.05) is 0 Å². The Labute approximate surface area is 188 Å². The van der Waals surface area contributed by atoms with Crippen LogP contribution in [0.25, 0.3) is 0 Å². The molecule has 0 aliphatic heterocycles. The van der Waals surface area contributed by atoms with Crippen molar-refractivity contribution in [3.05, 3.63) is 69.8 Å². The summed E-state index contributed by atoms with van der Waals surface area (Å²) in [5.74, 6) is -3.77. The van der Waals surface area contributed by atoms with E-state index in [0.717, 1.165) is 38.5 Å². The predicted octanol–water partition coefficient (Wildman–Crippen LogP) is 7.92. The lowest BCUT2D eigenvalue weighted by Crippen LogP contribution is -1.97. The van der Waals surface area contributed by atoms with E-state index >= 15 is 0 Å². The summed E-state index contributed by atoms with van der Waals surface area (Å²) in [6, 6.07) is 8.93. The molecule has 0 radical (unpaired) electrons. The van der Waals surface area contributed by atoms with Gasteiger partial charge in [-0.25, -0.2) is 17.6 Å². The van der Waals surface area contributed by atoms with E-state index in [2.05, 4.69) is 13.8 Å². The summed E-state index contributed by atoms with van der Waals surface area (Å²) in [5.41, 5.74) is 0.280. The van der Waals surface area contributed by atoms with Gasteiger partial charge in [0.1, 0.15) is 12.1 Å². The number of nitriles is 2. The molecule has 2 aromatic carbocycles. The van der Waals surface area contributed by atoms with Gasteiger partial charge in [0.25, 0.3) is 0 Å². The van der Waals surface area contributed by atoms with Gasteiger partial charge >= 0.3 is 0 Å². The van der Waals surface area contributed by atoms with Crippen LogP contribution in [0.15, 0.2) is 24.3 Å². The number of unbranched alkanes of at least 4 members (excludes halogenated alkanes) is 6. The van der Waals surface area contributed by atoms with Crippen LogP contribution >= 0.6 is 0 Å². The molecule has 0 aromatic heterocycles. The molecule has 6 heteroatoms. The van der Waals surface area contributed by atoms with Crippen molar-refractivity contribution < 1.29 is 17.6 Å². The fourth-order valence-corrected chi connectivity index (χ4v) is 3.22. The van der Waals surface area contributed by atoms with Gasteiger partial charge in [-0.2, -0.15) is 10.5 Å². The van der Waals surface area contributed by atoms with Gasteiger partial charge in [-0.05, 0) is 48.9 Å². The number of rotatable bonds is 10. The van der Waals surface area contributed by atoms with Crippen LogP contribution in [0, 0.1) is 45.9 Å². The molecule has 0 spiro atoms. The Kier molecular flexibility index (Phi) is 12.8. The van der Waals surface area contributed by atoms with E-state index in [-0.39, 0.29) is 11.1 Å². The molecule has 0 amide bonds. The van der Waals surface area contributed by atoms with E-state index < -0.39 is 23.3 Å². The molecule has 172 valence electrons. The fourth-order valence-electron chi connectivity index (χ4n) is 3.22. The van der Waals surface area contributed by atoms with Gasteiger partial charge in [-0.3, -0.25) is 0 Å². The third kappa shape index (κ3) is 8.35. The van der Waals surface area contributed by atoms with Crippen LogP contribution in [-0.2, 0) is 12.8 Å². The Balaban J connectivity index is 0.000000323. The molecule has 32 heavy (non-hydrogen) atoms. The molecule has 0 atom stereocenters. The Morgan fingerprint density at radius 1 is 0.562 bits per heavy atom. The van der Waals surface area contributed by atoms with Gasteiger partial charge in [0.05, 0.1) is 11.1 Å². The highest BCUT2D eigenvalue weighted by Crippen LogP contribution is 2.19. The van der Waals surface area contributed by atoms with Gasteiger partial charge in [-0.1, -0.05) is 64.5 Å². The first kappa shape index (κ1) is 27.2. The van der Waals surface area contributed by atoms with Crippen LogP contribution < -0.4 is 0 Å². The van der Waals surface area contributed by atoms with E-state index in [1.165, 1.54) is 37.1 Å². The van der Waals surface area contributed by atoms with Crippen molar-refractivity contribution in [3.8, 4) is 12.1 Å². The maximum absolute atomic E-state index is 13.5. The smallest absolute Gasteiger partial charge is 0.176 e. The lowest BCUT2D eigenvalue weighted by atomic mass is 10.0. The number of benzene rings is 2. The first-order valence-electron chi connectivity index (χ1n) is 11.1. The maximum atomic E-state index is 13.5. The molecule has 0 bridgehead atoms. The van der Waals surface area contributed by atoms with Crippen LogP contribution in [-0.4, -0.2) is 0 Å². The van der Waals surface area contributed by atoms with E-state index in [1.54, 1.807) is 12.1 Å². The largest absolute Gasteiger partial charge is 0.203 e. The second kappa shape index (κ2) is 15.0. The maximum Gasteiger partial charge on any atom is 0.176 e. The molecular weight excluding hydrogens is 416 g/mol. The summed E-state index contributed by atoms with van der Waals surface area (Å²) in [6.07, 6.45) is 9.35. The zero-order valence-electron chi connectivity index (χ0n) is 18.8. The third-order valence-corrected chi connectivity index (χ3v) is 5.16. The first-order chi connectivity index (χ1) is 15.4. The Morgan fingerprint density at radius 2 is 0.938 bits per heavy atom. The fraction of sp³-hybridized carbons (Fsp3) is 0.462. The van der Waals surface area contributed by atoms with Crippen LogP contribution in [0.4, 0.5) is 17.6 Å². The van der Waals surface area contributed by atoms with Crippen molar-refractivity contribution in [1.29, 1.82) is 10.5 Å². The highest BCUT2D eigenvalue weighted by Gasteiger charge is 2.13. The van der Waals surface area contributed by atoms with Gasteiger partial charge in [-0.15, -0.1) is 0 Å². The monoisotopic (exact) mass is 446 g/mol. The Hall–Kier alpha value is -2.86. The van der Waals surface area contributed by atoms with Crippen LogP contribution in [0.3, 0.4) is 0 Å². The number of aryl methyl sites for hydroxylation is 2. The number of hydrogen-bond acceptors (Lipinski definition) is 2. The predicted molar refractivity (Wildman–Crippen MR) is 118 cm³/mol. The van der Waals surface area contributed by atoms with E-state index in [0.29, 0.717) is 24.0 Å². The van der Waals surface area contributed by atoms with Crippen LogP contribution in [0.1, 0.15) is 87.5 Å². The molecule has 0 N–H and O–H groups in total. The molecule has 0 saturated heterocycles. The highest BCUT2D eigenvalue weighted by molar-refractivity contribution is 5.35. The normalized spacial score (nSPS) is 10.1. The average molecular weight is 447 g/mol. The van der Waals surface area contributed by atoms with E-state index in [4.69, 9.17) is 10.5 Å². The molecule has 2 rings (SSSR count). The zero-order valence-corrected chi connectivity index (χ0v) is 18.8. The minimum absolute atomic E-state index is 0.225. The van der Waals surface area contributed by atoms with Crippen molar-refractivity contribution in [1.82, 2.24) is 0 Å². The van der Waals surface area contributed by atoms with Gasteiger partial charge < -0.3 is 0 Å². The quantitative estimate of drug-likeness (QED) is 0.275. The minimum Gasteiger partial charge on any atom is -0.203 e. The van der Waals surface area contributed by atoms with Crippen LogP contribution in [0.5, 0.6) is 0 Å². The number of hydrogen-bond donors (Lipinski definition) is 0. The lowest BCUT2D eigenvalue weighted by molar-refractivity contribution is 0.493. The molecule has 0 saturated carbocycles. The Bertz CT molecular complexity index is 942. The summed E-state index contributed by atoms with van der Waals surface area (Å²) in [6.45, 7) is 4.19. The second-order valence-electron chi connectivity index (χ2n) is 7.65. The summed E-state index contributed by atoms with van der Waals surface area (Å²) < 4.78 is 53.3. The molecule has 0 unspecified atom stereocenters. The molecule has 2 nitrogen and oxygen atoms in total. The number of halogens is 4. The average Bonchev–Trinajstić information content (AvgIpc) is 2.80. The highest BCUT2D eigenvalue weighted by atomic mass is 19.2. The van der Waals surface area contributed by atoms with Crippen LogP contribution in [0.2, 0.25) is 0 Å². The van der Waals surface area contributed by atoms with Gasteiger partial charge in [0.2, 0.25) is 0 Å². The standard InChI is InChI=1S/C14H17F2N.C12H13F2N/c1-2-3-4-5-6-7-11-8-9-12(10-17)14(16)13(11)15;1-2-3-4-5-9-6-7-10(8-15)12(14)11(9)13/h8-9H,2-7H2,1H3;6-7H,2-5H2,1H3. The summed E-state index contributed by atoms with van der Waals surface area (Å²) >= 11 is 0. The summed E-state index contributed by atoms with van der Waals surface area (Å²) in [4.78, 5) is 0. The van der Waals surface area contributed by atoms with Crippen molar-refractivity contribution >= 4 is 0 Å². The molecular formula is C26H30F4N2. The van der Waals surface area contributed by atoms with E-state index in [9.17, 15) is 17.6 Å². The molecule has 0 fully saturated rings. The zero-order chi connectivity index (χ0) is 23.9. The van der Waals surface area contributed by atoms with Crippen molar-refractivity contribution in [2.24, 2.45) is 0 Å². The van der Waals surface area contributed by atoms with Crippen molar-refractivity contribution in [2.45, 2.75) is 78.1 Å². The van der Waals surface area contributed by atoms with Gasteiger partial charge in [0, 0.05) is 0 Å². The van der Waals surface area contributed by atoms with Gasteiger partial charge in [0.15, 0.2) is 23.3 Å². The Morgan fingerprint density at radius 3 is 1.34 bits per heavy atom. The number of nitrogens with zero attached hydrogens (tertiary/aromatic N) is 2. The molecule has 2 aromatic rings. The lowest BCUT2D eigenvalue weighted by Gasteiger charge is -2.05. The summed E-state index contributed by atoms with van der Waals surface area (Å²) in [7, 11) is 0. The third-order valence-electron chi connectivity index (χ3n) is 5.16. The second-order valence-corrected chi connectivity index (χ2v) is 7.65. The van der Waals surface area contributed by atoms with Crippen molar-refractivity contribution in [3.63, 3.8) is 0 Å². The SMILES string of the molecule is CCCCCCCc1ccc(C#N)c(F)c1F.CCCCCc1ccc(C#N)c(F)c1F. The molecule has 0 heterocycles. The molecule has 0 aliphatic carbocycles.